The average molecular weight is 413 g/mol. The summed E-state index contributed by atoms with van der Waals surface area (Å²) in [4.78, 5) is 15.0. The first-order valence-corrected chi connectivity index (χ1v) is 9.92. The minimum absolute atomic E-state index is 0.204. The van der Waals surface area contributed by atoms with E-state index in [-0.39, 0.29) is 11.9 Å². The van der Waals surface area contributed by atoms with Crippen LogP contribution in [0.1, 0.15) is 50.5 Å². The lowest BCUT2D eigenvalue weighted by Crippen LogP contribution is -2.40. The molecule has 3 nitrogen and oxygen atoms in total. The fourth-order valence-electron chi connectivity index (χ4n) is 2.97. The van der Waals surface area contributed by atoms with Crippen molar-refractivity contribution in [3.05, 3.63) is 77.9 Å². The van der Waals surface area contributed by atoms with Crippen LogP contribution in [-0.4, -0.2) is 29.4 Å². The molecule has 0 atom stereocenters. The highest BCUT2D eigenvalue weighted by atomic mass is 19.2. The van der Waals surface area contributed by atoms with Crippen LogP contribution in [0.2, 0.25) is 0 Å². The van der Waals surface area contributed by atoms with Crippen LogP contribution in [0.15, 0.2) is 55.1 Å². The molecule has 0 spiro atoms. The van der Waals surface area contributed by atoms with Gasteiger partial charge in [0.25, 0.3) is 5.91 Å². The molecule has 0 bridgehead atoms. The Balaban J connectivity index is 2.70. The lowest BCUT2D eigenvalue weighted by atomic mass is 9.96. The number of nitrogens with one attached hydrogen (secondary N) is 1. The Kier molecular flexibility index (Phi) is 7.19. The summed E-state index contributed by atoms with van der Waals surface area (Å²) in [6.07, 6.45) is 3.56. The van der Waals surface area contributed by atoms with Crippen molar-refractivity contribution in [3.63, 3.8) is 0 Å². The summed E-state index contributed by atoms with van der Waals surface area (Å²) in [5.41, 5.74) is 2.79. The quantitative estimate of drug-likeness (QED) is 0.588. The molecule has 0 saturated carbocycles. The summed E-state index contributed by atoms with van der Waals surface area (Å²) in [5.74, 6) is -2.08. The summed E-state index contributed by atoms with van der Waals surface area (Å²) in [6, 6.07) is 9.31. The highest BCUT2D eigenvalue weighted by Crippen LogP contribution is 2.29. The number of amides is 1. The van der Waals surface area contributed by atoms with Crippen LogP contribution in [0, 0.1) is 11.6 Å². The number of allylic oxidation sites excluding steroid dienone is 2. The van der Waals surface area contributed by atoms with Crippen LogP contribution in [0.5, 0.6) is 0 Å². The van der Waals surface area contributed by atoms with E-state index in [1.807, 2.05) is 40.0 Å². The van der Waals surface area contributed by atoms with Crippen molar-refractivity contribution in [2.24, 2.45) is 0 Å². The maximum Gasteiger partial charge on any atom is 0.251 e. The molecule has 0 saturated heterocycles. The van der Waals surface area contributed by atoms with Crippen molar-refractivity contribution in [3.8, 4) is 11.1 Å². The molecule has 5 heteroatoms. The zero-order chi connectivity index (χ0) is 22.6. The van der Waals surface area contributed by atoms with E-state index in [4.69, 9.17) is 0 Å². The van der Waals surface area contributed by atoms with E-state index in [1.165, 1.54) is 6.07 Å². The van der Waals surface area contributed by atoms with Crippen molar-refractivity contribution < 1.29 is 13.6 Å². The lowest BCUT2D eigenvalue weighted by molar-refractivity contribution is 0.0919. The lowest BCUT2D eigenvalue weighted by Gasteiger charge is -2.28. The number of carbonyl (C=O) groups excluding carboxylic acids is 1. The van der Waals surface area contributed by atoms with Gasteiger partial charge < -0.3 is 10.2 Å². The predicted molar refractivity (Wildman–Crippen MR) is 120 cm³/mol. The summed E-state index contributed by atoms with van der Waals surface area (Å²) >= 11 is 0. The van der Waals surface area contributed by atoms with Crippen molar-refractivity contribution >= 4 is 11.6 Å². The molecule has 0 fully saturated rings. The van der Waals surface area contributed by atoms with Crippen molar-refractivity contribution in [2.75, 3.05) is 7.05 Å². The largest absolute Gasteiger partial charge is 0.372 e. The third kappa shape index (κ3) is 5.78. The Morgan fingerprint density at radius 1 is 1.03 bits per heavy atom. The molecular weight excluding hydrogens is 382 g/mol. The topological polar surface area (TPSA) is 32.3 Å². The van der Waals surface area contributed by atoms with E-state index in [1.54, 1.807) is 18.2 Å². The predicted octanol–water partition coefficient (Wildman–Crippen LogP) is 6.03. The summed E-state index contributed by atoms with van der Waals surface area (Å²) in [5, 5.41) is 2.96. The van der Waals surface area contributed by atoms with Crippen molar-refractivity contribution in [2.45, 2.75) is 46.2 Å². The van der Waals surface area contributed by atoms with Gasteiger partial charge in [-0.1, -0.05) is 18.7 Å². The first-order valence-electron chi connectivity index (χ1n) is 9.92. The molecule has 2 aromatic carbocycles. The Bertz CT molecular complexity index is 972. The molecule has 0 aliphatic carbocycles. The van der Waals surface area contributed by atoms with Gasteiger partial charge in [0.15, 0.2) is 11.6 Å². The molecule has 160 valence electrons. The zero-order valence-corrected chi connectivity index (χ0v) is 18.5. The maximum atomic E-state index is 13.9. The minimum atomic E-state index is -0.931. The van der Waals surface area contributed by atoms with E-state index < -0.39 is 17.2 Å². The van der Waals surface area contributed by atoms with Gasteiger partial charge in [0.2, 0.25) is 0 Å². The Labute approximate surface area is 178 Å². The maximum absolute atomic E-state index is 13.9. The second-order valence-electron chi connectivity index (χ2n) is 8.62. The number of rotatable bonds is 6. The van der Waals surface area contributed by atoms with Crippen molar-refractivity contribution in [1.82, 2.24) is 10.2 Å². The standard InChI is InChI=1S/C25H30F2N2O/c1-8-9-23(29(7)16(2)3)19-12-18(17-10-11-21(26)22(27)15-17)13-20(14-19)24(30)28-25(4,5)6/h8-16H,1H2,2-7H3,(H,28,30)/b23-9-. The molecule has 0 radical (unpaired) electrons. The van der Waals surface area contributed by atoms with Gasteiger partial charge in [0.1, 0.15) is 0 Å². The molecule has 0 aliphatic rings. The van der Waals surface area contributed by atoms with Gasteiger partial charge in [-0.05, 0) is 87.7 Å². The smallest absolute Gasteiger partial charge is 0.251 e. The second-order valence-corrected chi connectivity index (χ2v) is 8.62. The van der Waals surface area contributed by atoms with E-state index in [0.29, 0.717) is 16.7 Å². The molecule has 2 rings (SSSR count). The second kappa shape index (κ2) is 9.24. The van der Waals surface area contributed by atoms with Gasteiger partial charge in [-0.2, -0.15) is 0 Å². The molecule has 0 heterocycles. The van der Waals surface area contributed by atoms with E-state index in [0.717, 1.165) is 23.4 Å². The van der Waals surface area contributed by atoms with Gasteiger partial charge in [-0.3, -0.25) is 4.79 Å². The Hall–Kier alpha value is -2.95. The summed E-state index contributed by atoms with van der Waals surface area (Å²) < 4.78 is 27.3. The SMILES string of the molecule is C=C/C=C(/c1cc(C(=O)NC(C)(C)C)cc(-c2ccc(F)c(F)c2)c1)N(C)C(C)C. The third-order valence-electron chi connectivity index (χ3n) is 4.66. The zero-order valence-electron chi connectivity index (χ0n) is 18.5. The normalized spacial score (nSPS) is 12.1. The molecule has 30 heavy (non-hydrogen) atoms. The van der Waals surface area contributed by atoms with Crippen LogP contribution in [0.25, 0.3) is 16.8 Å². The molecule has 1 N–H and O–H groups in total. The van der Waals surface area contributed by atoms with Gasteiger partial charge >= 0.3 is 0 Å². The number of hydrogen-bond donors (Lipinski definition) is 1. The third-order valence-corrected chi connectivity index (χ3v) is 4.66. The van der Waals surface area contributed by atoms with E-state index >= 15 is 0 Å². The first kappa shape index (κ1) is 23.3. The molecule has 1 amide bonds. The summed E-state index contributed by atoms with van der Waals surface area (Å²) in [7, 11) is 1.96. The number of nitrogens with zero attached hydrogens (tertiary/aromatic N) is 1. The average Bonchev–Trinajstić information content (AvgIpc) is 2.66. The number of halogens is 2. The molecule has 2 aromatic rings. The molecule has 0 aliphatic heterocycles. The number of hydrogen-bond acceptors (Lipinski definition) is 2. The first-order chi connectivity index (χ1) is 13.9. The van der Waals surface area contributed by atoms with Crippen LogP contribution in [0.3, 0.4) is 0 Å². The number of benzene rings is 2. The monoisotopic (exact) mass is 412 g/mol. The van der Waals surface area contributed by atoms with Gasteiger partial charge in [-0.15, -0.1) is 0 Å². The minimum Gasteiger partial charge on any atom is -0.372 e. The molecule has 0 aromatic heterocycles. The van der Waals surface area contributed by atoms with Gasteiger partial charge in [-0.25, -0.2) is 8.78 Å². The number of carbonyl (C=O) groups is 1. The van der Waals surface area contributed by atoms with Crippen LogP contribution < -0.4 is 5.32 Å². The van der Waals surface area contributed by atoms with Crippen LogP contribution in [-0.2, 0) is 0 Å². The summed E-state index contributed by atoms with van der Waals surface area (Å²) in [6.45, 7) is 13.6. The van der Waals surface area contributed by atoms with Gasteiger partial charge in [0, 0.05) is 29.9 Å². The fraction of sp³-hybridized carbons (Fsp3) is 0.320. The fourth-order valence-corrected chi connectivity index (χ4v) is 2.97. The highest BCUT2D eigenvalue weighted by molar-refractivity contribution is 5.97. The van der Waals surface area contributed by atoms with Crippen LogP contribution >= 0.6 is 0 Å². The van der Waals surface area contributed by atoms with E-state index in [9.17, 15) is 13.6 Å². The van der Waals surface area contributed by atoms with Gasteiger partial charge in [0.05, 0.1) is 0 Å². The Morgan fingerprint density at radius 3 is 2.20 bits per heavy atom. The van der Waals surface area contributed by atoms with Crippen LogP contribution in [0.4, 0.5) is 8.78 Å². The van der Waals surface area contributed by atoms with E-state index in [2.05, 4.69) is 30.6 Å². The Morgan fingerprint density at radius 2 is 1.67 bits per heavy atom. The van der Waals surface area contributed by atoms with Crippen molar-refractivity contribution in [1.29, 1.82) is 0 Å². The molecular formula is C25H30F2N2O. The highest BCUT2D eigenvalue weighted by Gasteiger charge is 2.19. The molecule has 0 unspecified atom stereocenters.